The molecule has 1 aliphatic rings. The zero-order valence-corrected chi connectivity index (χ0v) is 11.0. The van der Waals surface area contributed by atoms with Crippen LogP contribution in [0.1, 0.15) is 6.42 Å². The molecule has 0 aliphatic carbocycles. The second kappa shape index (κ2) is 7.36. The summed E-state index contributed by atoms with van der Waals surface area (Å²) < 4.78 is 10.2. The SMILES string of the molecule is C=CCO[C@]1(C(=O)[O-])C[C@@H](O)[C@@H](O)[C@@H]([C@H](CO)N=[N+]=[N-])O1. The normalized spacial score (nSPS) is 33.8. The number of rotatable bonds is 7. The number of carboxylic acids is 1. The van der Waals surface area contributed by atoms with Crippen LogP contribution >= 0.6 is 0 Å². The van der Waals surface area contributed by atoms with E-state index in [1.165, 1.54) is 6.08 Å². The lowest BCUT2D eigenvalue weighted by molar-refractivity contribution is -0.381. The molecule has 0 spiro atoms. The van der Waals surface area contributed by atoms with Crippen molar-refractivity contribution in [2.24, 2.45) is 5.11 Å². The van der Waals surface area contributed by atoms with Gasteiger partial charge < -0.3 is 34.7 Å². The standard InChI is InChI=1S/C11H17N3O7/c1-2-3-20-11(10(18)19)4-7(16)8(17)9(21-11)6(5-15)13-14-12/h2,6-9,15-17H,1,3-5H2,(H,18,19)/p-1/t6-,7+,8+,9+,11+/m0/s1. The fourth-order valence-electron chi connectivity index (χ4n) is 2.01. The number of aliphatic carboxylic acids is 1. The molecule has 118 valence electrons. The van der Waals surface area contributed by atoms with E-state index in [-0.39, 0.29) is 6.61 Å². The van der Waals surface area contributed by atoms with Gasteiger partial charge in [-0.1, -0.05) is 11.2 Å². The van der Waals surface area contributed by atoms with Gasteiger partial charge in [-0.05, 0) is 5.53 Å². The molecule has 1 rings (SSSR count). The van der Waals surface area contributed by atoms with Gasteiger partial charge in [-0.3, -0.25) is 0 Å². The number of aliphatic hydroxyl groups excluding tert-OH is 3. The van der Waals surface area contributed by atoms with E-state index in [4.69, 9.17) is 20.1 Å². The second-order valence-corrected chi connectivity index (χ2v) is 4.44. The first-order valence-electron chi connectivity index (χ1n) is 6.07. The average molecular weight is 302 g/mol. The van der Waals surface area contributed by atoms with Crippen molar-refractivity contribution in [3.63, 3.8) is 0 Å². The number of nitrogens with zero attached hydrogens (tertiary/aromatic N) is 3. The summed E-state index contributed by atoms with van der Waals surface area (Å²) in [5.41, 5.74) is 8.41. The van der Waals surface area contributed by atoms with Crippen LogP contribution in [-0.2, 0) is 14.3 Å². The van der Waals surface area contributed by atoms with Crippen molar-refractivity contribution in [1.29, 1.82) is 0 Å². The summed E-state index contributed by atoms with van der Waals surface area (Å²) in [7, 11) is 0. The Morgan fingerprint density at radius 3 is 2.86 bits per heavy atom. The minimum atomic E-state index is -2.34. The van der Waals surface area contributed by atoms with Crippen LogP contribution in [0.4, 0.5) is 0 Å². The van der Waals surface area contributed by atoms with Gasteiger partial charge in [0.05, 0.1) is 25.4 Å². The molecule has 0 aromatic carbocycles. The third-order valence-electron chi connectivity index (χ3n) is 3.05. The van der Waals surface area contributed by atoms with Gasteiger partial charge in [0.1, 0.15) is 18.2 Å². The zero-order chi connectivity index (χ0) is 16.0. The maximum absolute atomic E-state index is 11.3. The Hall–Kier alpha value is -1.68. The number of carbonyl (C=O) groups excluding carboxylic acids is 1. The first-order chi connectivity index (χ1) is 9.91. The second-order valence-electron chi connectivity index (χ2n) is 4.44. The van der Waals surface area contributed by atoms with Crippen LogP contribution < -0.4 is 5.11 Å². The van der Waals surface area contributed by atoms with Crippen LogP contribution in [0.25, 0.3) is 10.4 Å². The van der Waals surface area contributed by atoms with Crippen molar-refractivity contribution in [1.82, 2.24) is 0 Å². The van der Waals surface area contributed by atoms with E-state index in [0.29, 0.717) is 0 Å². The Labute approximate surface area is 119 Å². The molecule has 3 N–H and O–H groups in total. The quantitative estimate of drug-likeness (QED) is 0.208. The smallest absolute Gasteiger partial charge is 0.212 e. The molecule has 0 aromatic heterocycles. The third-order valence-corrected chi connectivity index (χ3v) is 3.05. The van der Waals surface area contributed by atoms with Crippen LogP contribution in [0.2, 0.25) is 0 Å². The minimum absolute atomic E-state index is 0.213. The van der Waals surface area contributed by atoms with E-state index in [2.05, 4.69) is 16.6 Å². The molecule has 0 bridgehead atoms. The Kier molecular flexibility index (Phi) is 6.09. The number of ether oxygens (including phenoxy) is 2. The highest BCUT2D eigenvalue weighted by Crippen LogP contribution is 2.32. The monoisotopic (exact) mass is 302 g/mol. The Morgan fingerprint density at radius 2 is 2.38 bits per heavy atom. The molecule has 0 radical (unpaired) electrons. The van der Waals surface area contributed by atoms with Gasteiger partial charge in [0.15, 0.2) is 0 Å². The summed E-state index contributed by atoms with van der Waals surface area (Å²) in [5, 5.41) is 43.3. The Balaban J connectivity index is 3.10. The molecule has 0 amide bonds. The van der Waals surface area contributed by atoms with Crippen molar-refractivity contribution in [2.45, 2.75) is 36.6 Å². The van der Waals surface area contributed by atoms with Gasteiger partial charge in [-0.2, -0.15) is 0 Å². The first kappa shape index (κ1) is 17.4. The number of carboxylic acid groups (broad SMARTS) is 1. The lowest BCUT2D eigenvalue weighted by Gasteiger charge is -2.46. The van der Waals surface area contributed by atoms with Crippen LogP contribution in [0, 0.1) is 0 Å². The summed E-state index contributed by atoms with van der Waals surface area (Å²) in [6.45, 7) is 2.42. The molecule has 0 saturated carbocycles. The summed E-state index contributed by atoms with van der Waals surface area (Å²) in [4.78, 5) is 13.8. The Bertz CT molecular complexity index is 440. The van der Waals surface area contributed by atoms with Gasteiger partial charge in [0, 0.05) is 11.3 Å². The zero-order valence-electron chi connectivity index (χ0n) is 11.0. The maximum Gasteiger partial charge on any atom is 0.212 e. The lowest BCUT2D eigenvalue weighted by atomic mass is 9.92. The highest BCUT2D eigenvalue weighted by Gasteiger charge is 2.50. The summed E-state index contributed by atoms with van der Waals surface area (Å²) in [5.74, 6) is -4.10. The molecular formula is C11H16N3O7-. The number of azide groups is 1. The number of carbonyl (C=O) groups is 1. The molecule has 1 heterocycles. The van der Waals surface area contributed by atoms with E-state index >= 15 is 0 Å². The predicted octanol–water partition coefficient (Wildman–Crippen LogP) is -2.18. The van der Waals surface area contributed by atoms with Crippen molar-refractivity contribution in [2.75, 3.05) is 13.2 Å². The summed E-state index contributed by atoms with van der Waals surface area (Å²) in [6, 6.07) is -1.30. The highest BCUT2D eigenvalue weighted by atomic mass is 16.7. The van der Waals surface area contributed by atoms with E-state index in [1.807, 2.05) is 0 Å². The van der Waals surface area contributed by atoms with Gasteiger partial charge in [-0.25, -0.2) is 0 Å². The van der Waals surface area contributed by atoms with E-state index < -0.39 is 49.1 Å². The van der Waals surface area contributed by atoms with E-state index in [1.54, 1.807) is 0 Å². The largest absolute Gasteiger partial charge is 0.544 e. The van der Waals surface area contributed by atoms with Crippen molar-refractivity contribution in [3.8, 4) is 0 Å². The number of hydrogen-bond acceptors (Lipinski definition) is 8. The Morgan fingerprint density at radius 1 is 1.71 bits per heavy atom. The molecule has 1 fully saturated rings. The fraction of sp³-hybridized carbons (Fsp3) is 0.727. The van der Waals surface area contributed by atoms with Gasteiger partial charge >= 0.3 is 0 Å². The molecule has 10 nitrogen and oxygen atoms in total. The molecule has 0 unspecified atom stereocenters. The third kappa shape index (κ3) is 3.70. The molecule has 1 saturated heterocycles. The van der Waals surface area contributed by atoms with Gasteiger partial charge in [0.25, 0.3) is 0 Å². The predicted molar refractivity (Wildman–Crippen MR) is 65.4 cm³/mol. The molecule has 0 aromatic rings. The molecule has 10 heteroatoms. The number of aliphatic hydroxyl groups is 3. The van der Waals surface area contributed by atoms with Gasteiger partial charge in [-0.15, -0.1) is 6.58 Å². The first-order valence-corrected chi connectivity index (χ1v) is 6.07. The molecular weight excluding hydrogens is 286 g/mol. The molecule has 5 atom stereocenters. The van der Waals surface area contributed by atoms with Crippen molar-refractivity contribution in [3.05, 3.63) is 23.1 Å². The van der Waals surface area contributed by atoms with Crippen molar-refractivity contribution >= 4 is 5.97 Å². The van der Waals surface area contributed by atoms with Crippen LogP contribution in [0.15, 0.2) is 17.8 Å². The molecule has 1 aliphatic heterocycles. The van der Waals surface area contributed by atoms with Crippen molar-refractivity contribution < 1.29 is 34.7 Å². The maximum atomic E-state index is 11.3. The fourth-order valence-corrected chi connectivity index (χ4v) is 2.01. The van der Waals surface area contributed by atoms with Crippen LogP contribution in [0.5, 0.6) is 0 Å². The minimum Gasteiger partial charge on any atom is -0.544 e. The summed E-state index contributed by atoms with van der Waals surface area (Å²) in [6.07, 6.45) is -3.90. The highest BCUT2D eigenvalue weighted by molar-refractivity contribution is 5.73. The van der Waals surface area contributed by atoms with E-state index in [9.17, 15) is 20.1 Å². The lowest BCUT2D eigenvalue weighted by Crippen LogP contribution is -2.65. The summed E-state index contributed by atoms with van der Waals surface area (Å²) >= 11 is 0. The number of hydrogen-bond donors (Lipinski definition) is 3. The van der Waals surface area contributed by atoms with Crippen LogP contribution in [-0.4, -0.2) is 64.6 Å². The average Bonchev–Trinajstić information content (AvgIpc) is 2.46. The molecule has 21 heavy (non-hydrogen) atoms. The van der Waals surface area contributed by atoms with E-state index in [0.717, 1.165) is 0 Å². The van der Waals surface area contributed by atoms with Gasteiger partial charge in [0.2, 0.25) is 5.79 Å². The van der Waals surface area contributed by atoms with Crippen LogP contribution in [0.3, 0.4) is 0 Å². The topological polar surface area (TPSA) is 168 Å².